The zero-order valence-electron chi connectivity index (χ0n) is 10.1. The smallest absolute Gasteiger partial charge is 0.227 e. The predicted octanol–water partition coefficient (Wildman–Crippen LogP) is 3.22. The quantitative estimate of drug-likeness (QED) is 0.878. The van der Waals surface area contributed by atoms with Gasteiger partial charge in [0.25, 0.3) is 0 Å². The van der Waals surface area contributed by atoms with Crippen molar-refractivity contribution in [3.8, 4) is 0 Å². The van der Waals surface area contributed by atoms with Crippen LogP contribution in [0.25, 0.3) is 0 Å². The first-order valence-corrected chi connectivity index (χ1v) is 6.35. The minimum absolute atomic E-state index is 0. The first-order valence-electron chi connectivity index (χ1n) is 5.97. The highest BCUT2D eigenvalue weighted by Crippen LogP contribution is 2.24. The third kappa shape index (κ3) is 4.16. The van der Waals surface area contributed by atoms with Crippen molar-refractivity contribution >= 4 is 35.6 Å². The van der Waals surface area contributed by atoms with Gasteiger partial charge >= 0.3 is 0 Å². The van der Waals surface area contributed by atoms with Crippen LogP contribution < -0.4 is 11.1 Å². The molecule has 18 heavy (non-hydrogen) atoms. The van der Waals surface area contributed by atoms with Gasteiger partial charge in [0.15, 0.2) is 0 Å². The molecule has 3 N–H and O–H groups in total. The number of benzene rings is 1. The maximum atomic E-state index is 12.0. The van der Waals surface area contributed by atoms with Crippen LogP contribution in [0.1, 0.15) is 25.7 Å². The summed E-state index contributed by atoms with van der Waals surface area (Å²) in [5.41, 5.74) is 6.67. The van der Waals surface area contributed by atoms with Crippen molar-refractivity contribution in [3.63, 3.8) is 0 Å². The van der Waals surface area contributed by atoms with Gasteiger partial charge in [-0.3, -0.25) is 4.79 Å². The van der Waals surface area contributed by atoms with Crippen molar-refractivity contribution in [2.75, 3.05) is 5.32 Å². The highest BCUT2D eigenvalue weighted by molar-refractivity contribution is 6.30. The summed E-state index contributed by atoms with van der Waals surface area (Å²) in [5, 5.41) is 3.58. The predicted molar refractivity (Wildman–Crippen MR) is 77.3 cm³/mol. The lowest BCUT2D eigenvalue weighted by Crippen LogP contribution is -2.34. The van der Waals surface area contributed by atoms with Gasteiger partial charge in [-0.05, 0) is 43.5 Å². The van der Waals surface area contributed by atoms with Gasteiger partial charge in [-0.25, -0.2) is 0 Å². The Balaban J connectivity index is 0.00000162. The summed E-state index contributed by atoms with van der Waals surface area (Å²) in [7, 11) is 0. The molecule has 0 radical (unpaired) electrons. The molecule has 100 valence electrons. The fraction of sp³-hybridized carbons (Fsp3) is 0.462. The fourth-order valence-electron chi connectivity index (χ4n) is 2.24. The molecule has 0 heterocycles. The zero-order valence-corrected chi connectivity index (χ0v) is 11.6. The summed E-state index contributed by atoms with van der Waals surface area (Å²) in [6, 6.07) is 7.32. The molecule has 0 aliphatic heterocycles. The molecule has 0 spiro atoms. The molecule has 2 atom stereocenters. The van der Waals surface area contributed by atoms with Crippen molar-refractivity contribution in [2.45, 2.75) is 31.7 Å². The van der Waals surface area contributed by atoms with Crippen LogP contribution in [-0.2, 0) is 4.79 Å². The van der Waals surface area contributed by atoms with Crippen LogP contribution in [0.4, 0.5) is 5.69 Å². The van der Waals surface area contributed by atoms with Gasteiger partial charge in [-0.1, -0.05) is 18.0 Å². The standard InChI is InChI=1S/C13H17ClN2O.ClH/c14-10-4-6-12(7-5-10)16-13(17)9-2-1-3-11(15)8-9;/h4-7,9,11H,1-3,8,15H2,(H,16,17);1H. The summed E-state index contributed by atoms with van der Waals surface area (Å²) >= 11 is 5.79. The van der Waals surface area contributed by atoms with Crippen molar-refractivity contribution in [2.24, 2.45) is 11.7 Å². The van der Waals surface area contributed by atoms with Crippen LogP contribution in [0.5, 0.6) is 0 Å². The number of amides is 1. The minimum atomic E-state index is 0. The van der Waals surface area contributed by atoms with Gasteiger partial charge in [0.05, 0.1) is 0 Å². The number of hydrogen-bond acceptors (Lipinski definition) is 2. The second kappa shape index (κ2) is 6.98. The third-order valence-corrected chi connectivity index (χ3v) is 3.45. The van der Waals surface area contributed by atoms with E-state index in [1.54, 1.807) is 12.1 Å². The van der Waals surface area contributed by atoms with Crippen LogP contribution in [0.2, 0.25) is 5.02 Å². The van der Waals surface area contributed by atoms with E-state index in [-0.39, 0.29) is 30.3 Å². The Morgan fingerprint density at radius 1 is 1.28 bits per heavy atom. The largest absolute Gasteiger partial charge is 0.328 e. The molecular formula is C13H18Cl2N2O. The highest BCUT2D eigenvalue weighted by Gasteiger charge is 2.25. The molecule has 0 bridgehead atoms. The Labute approximate surface area is 118 Å². The first-order chi connectivity index (χ1) is 8.15. The number of rotatable bonds is 2. The molecule has 2 unspecified atom stereocenters. The monoisotopic (exact) mass is 288 g/mol. The SMILES string of the molecule is Cl.NC1CCCC(C(=O)Nc2ccc(Cl)cc2)C1. The second-order valence-electron chi connectivity index (χ2n) is 4.62. The van der Waals surface area contributed by atoms with Crippen molar-refractivity contribution < 1.29 is 4.79 Å². The Morgan fingerprint density at radius 3 is 2.56 bits per heavy atom. The molecule has 1 aromatic carbocycles. The van der Waals surface area contributed by atoms with Gasteiger partial charge < -0.3 is 11.1 Å². The summed E-state index contributed by atoms with van der Waals surface area (Å²) in [4.78, 5) is 12.0. The molecule has 1 aliphatic carbocycles. The van der Waals surface area contributed by atoms with E-state index in [0.717, 1.165) is 31.4 Å². The van der Waals surface area contributed by atoms with Gasteiger partial charge in [-0.2, -0.15) is 0 Å². The molecule has 0 aromatic heterocycles. The number of hydrogen-bond donors (Lipinski definition) is 2. The lowest BCUT2D eigenvalue weighted by Gasteiger charge is -2.25. The second-order valence-corrected chi connectivity index (χ2v) is 5.06. The average Bonchev–Trinajstić information content (AvgIpc) is 2.32. The van der Waals surface area contributed by atoms with E-state index in [9.17, 15) is 4.79 Å². The maximum Gasteiger partial charge on any atom is 0.227 e. The van der Waals surface area contributed by atoms with Crippen LogP contribution in [0.15, 0.2) is 24.3 Å². The normalized spacial score (nSPS) is 23.0. The maximum absolute atomic E-state index is 12.0. The summed E-state index contributed by atoms with van der Waals surface area (Å²) < 4.78 is 0. The molecular weight excluding hydrogens is 271 g/mol. The minimum Gasteiger partial charge on any atom is -0.328 e. The van der Waals surface area contributed by atoms with Gasteiger partial charge in [-0.15, -0.1) is 12.4 Å². The number of carbonyl (C=O) groups excluding carboxylic acids is 1. The number of carbonyl (C=O) groups is 1. The van der Waals surface area contributed by atoms with Crippen LogP contribution >= 0.6 is 24.0 Å². The van der Waals surface area contributed by atoms with Crippen LogP contribution in [0.3, 0.4) is 0 Å². The number of halogens is 2. The molecule has 5 heteroatoms. The molecule has 1 amide bonds. The Kier molecular flexibility index (Phi) is 5.93. The van der Waals surface area contributed by atoms with E-state index in [1.807, 2.05) is 12.1 Å². The number of nitrogens with one attached hydrogen (secondary N) is 1. The Hall–Kier alpha value is -0.770. The van der Waals surface area contributed by atoms with E-state index >= 15 is 0 Å². The van der Waals surface area contributed by atoms with Gasteiger partial charge in [0, 0.05) is 22.7 Å². The summed E-state index contributed by atoms with van der Waals surface area (Å²) in [5.74, 6) is 0.122. The summed E-state index contributed by atoms with van der Waals surface area (Å²) in [6.45, 7) is 0. The van der Waals surface area contributed by atoms with Crippen molar-refractivity contribution in [1.29, 1.82) is 0 Å². The van der Waals surface area contributed by atoms with E-state index in [1.165, 1.54) is 0 Å². The lowest BCUT2D eigenvalue weighted by atomic mass is 9.85. The van der Waals surface area contributed by atoms with E-state index in [2.05, 4.69) is 5.32 Å². The highest BCUT2D eigenvalue weighted by atomic mass is 35.5. The Morgan fingerprint density at radius 2 is 1.94 bits per heavy atom. The first kappa shape index (κ1) is 15.3. The molecule has 1 fully saturated rings. The molecule has 1 aliphatic rings. The molecule has 1 aromatic rings. The van der Waals surface area contributed by atoms with Crippen molar-refractivity contribution in [3.05, 3.63) is 29.3 Å². The van der Waals surface area contributed by atoms with Crippen LogP contribution in [-0.4, -0.2) is 11.9 Å². The summed E-state index contributed by atoms with van der Waals surface area (Å²) in [6.07, 6.45) is 3.80. The molecule has 0 saturated heterocycles. The topological polar surface area (TPSA) is 55.1 Å². The van der Waals surface area contributed by atoms with Gasteiger partial charge in [0.1, 0.15) is 0 Å². The van der Waals surface area contributed by atoms with Crippen molar-refractivity contribution in [1.82, 2.24) is 0 Å². The number of nitrogens with two attached hydrogens (primary N) is 1. The molecule has 3 nitrogen and oxygen atoms in total. The van der Waals surface area contributed by atoms with Gasteiger partial charge in [0.2, 0.25) is 5.91 Å². The lowest BCUT2D eigenvalue weighted by molar-refractivity contribution is -0.120. The number of anilines is 1. The van der Waals surface area contributed by atoms with E-state index in [4.69, 9.17) is 17.3 Å². The van der Waals surface area contributed by atoms with Crippen LogP contribution in [0, 0.1) is 5.92 Å². The third-order valence-electron chi connectivity index (χ3n) is 3.20. The fourth-order valence-corrected chi connectivity index (χ4v) is 2.37. The zero-order chi connectivity index (χ0) is 12.3. The average molecular weight is 289 g/mol. The van der Waals surface area contributed by atoms with E-state index in [0.29, 0.717) is 5.02 Å². The molecule has 2 rings (SSSR count). The molecule has 1 saturated carbocycles. The van der Waals surface area contributed by atoms with E-state index < -0.39 is 0 Å². The Bertz CT molecular complexity index is 394.